The minimum absolute atomic E-state index is 0.128. The number of nitrogens with one attached hydrogen (secondary N) is 2. The van der Waals surface area contributed by atoms with Crippen LogP contribution in [0.1, 0.15) is 37.6 Å². The number of carboxylic acids is 1. The molecule has 25 heavy (non-hydrogen) atoms. The number of amides is 2. The molecule has 0 aliphatic rings. The molecule has 3 N–H and O–H groups in total. The summed E-state index contributed by atoms with van der Waals surface area (Å²) in [5, 5.41) is 14.3. The molecule has 1 aromatic carbocycles. The van der Waals surface area contributed by atoms with Crippen molar-refractivity contribution < 1.29 is 29.0 Å². The Bertz CT molecular complexity index is 658. The third-order valence-corrected chi connectivity index (χ3v) is 3.36. The molecule has 8 heteroatoms. The van der Waals surface area contributed by atoms with Gasteiger partial charge in [-0.25, -0.2) is 4.79 Å². The maximum Gasteiger partial charge on any atom is 0.326 e. The average Bonchev–Trinajstić information content (AvgIpc) is 2.51. The Morgan fingerprint density at radius 3 is 2.48 bits per heavy atom. The van der Waals surface area contributed by atoms with Gasteiger partial charge in [0.05, 0.1) is 13.0 Å². The van der Waals surface area contributed by atoms with Crippen molar-refractivity contribution in [2.24, 2.45) is 5.92 Å². The van der Waals surface area contributed by atoms with E-state index >= 15 is 0 Å². The molecular formula is C17H22N2O6. The molecule has 0 saturated carbocycles. The quantitative estimate of drug-likeness (QED) is 0.610. The third kappa shape index (κ3) is 6.62. The second kappa shape index (κ2) is 9.41. The van der Waals surface area contributed by atoms with Crippen LogP contribution < -0.4 is 10.6 Å². The van der Waals surface area contributed by atoms with Gasteiger partial charge in [0.2, 0.25) is 5.91 Å². The second-order valence-electron chi connectivity index (χ2n) is 5.54. The minimum Gasteiger partial charge on any atom is -0.480 e. The van der Waals surface area contributed by atoms with Crippen molar-refractivity contribution in [3.63, 3.8) is 0 Å². The van der Waals surface area contributed by atoms with Gasteiger partial charge in [0, 0.05) is 18.2 Å². The maximum absolute atomic E-state index is 12.3. The summed E-state index contributed by atoms with van der Waals surface area (Å²) in [5.41, 5.74) is 0.618. The van der Waals surface area contributed by atoms with Crippen LogP contribution in [0.5, 0.6) is 0 Å². The molecule has 2 amide bonds. The fourth-order valence-corrected chi connectivity index (χ4v) is 2.21. The van der Waals surface area contributed by atoms with Crippen LogP contribution >= 0.6 is 0 Å². The van der Waals surface area contributed by atoms with Crippen molar-refractivity contribution in [3.8, 4) is 0 Å². The summed E-state index contributed by atoms with van der Waals surface area (Å²) in [4.78, 5) is 46.3. The van der Waals surface area contributed by atoms with E-state index in [2.05, 4.69) is 10.6 Å². The van der Waals surface area contributed by atoms with Crippen LogP contribution in [-0.4, -0.2) is 41.5 Å². The molecule has 0 fully saturated rings. The van der Waals surface area contributed by atoms with Gasteiger partial charge in [-0.15, -0.1) is 0 Å². The molecule has 2 atom stereocenters. The minimum atomic E-state index is -1.25. The number of carboxylic acid groups (broad SMARTS) is 1. The van der Waals surface area contributed by atoms with Crippen molar-refractivity contribution in [3.05, 3.63) is 29.8 Å². The molecule has 0 spiro atoms. The van der Waals surface area contributed by atoms with Crippen LogP contribution in [0.3, 0.4) is 0 Å². The average molecular weight is 350 g/mol. The Balaban J connectivity index is 2.84. The van der Waals surface area contributed by atoms with Crippen molar-refractivity contribution >= 4 is 29.4 Å². The Kier molecular flexibility index (Phi) is 7.58. The zero-order chi connectivity index (χ0) is 19.0. The number of hydrogen-bond donors (Lipinski definition) is 3. The standard InChI is InChI=1S/C17H22N2O6/c1-4-25-14(21)8-10(2)15(17(23)24)19-16(22)12-6-5-7-13(9-12)18-11(3)20/h5-7,9-10,15H,4,8H2,1-3H3,(H,18,20)(H,19,22)(H,23,24)/t10-,15+/m1/s1. The number of carbonyl (C=O) groups excluding carboxylic acids is 3. The monoisotopic (exact) mass is 350 g/mol. The zero-order valence-corrected chi connectivity index (χ0v) is 14.4. The lowest BCUT2D eigenvalue weighted by Crippen LogP contribution is -2.45. The first-order chi connectivity index (χ1) is 11.7. The molecule has 1 rings (SSSR count). The summed E-state index contributed by atoms with van der Waals surface area (Å²) < 4.78 is 4.80. The number of esters is 1. The summed E-state index contributed by atoms with van der Waals surface area (Å²) in [5.74, 6) is -3.33. The van der Waals surface area contributed by atoms with Crippen LogP contribution in [0.2, 0.25) is 0 Å². The van der Waals surface area contributed by atoms with E-state index in [-0.39, 0.29) is 24.5 Å². The Hall–Kier alpha value is -2.90. The van der Waals surface area contributed by atoms with Crippen molar-refractivity contribution in [1.29, 1.82) is 0 Å². The fraction of sp³-hybridized carbons (Fsp3) is 0.412. The van der Waals surface area contributed by atoms with E-state index in [9.17, 15) is 24.3 Å². The maximum atomic E-state index is 12.3. The molecular weight excluding hydrogens is 328 g/mol. The van der Waals surface area contributed by atoms with Crippen LogP contribution in [0.25, 0.3) is 0 Å². The van der Waals surface area contributed by atoms with Gasteiger partial charge in [0.25, 0.3) is 5.91 Å². The lowest BCUT2D eigenvalue weighted by molar-refractivity contribution is -0.145. The van der Waals surface area contributed by atoms with E-state index in [4.69, 9.17) is 4.74 Å². The first-order valence-corrected chi connectivity index (χ1v) is 7.81. The molecule has 0 heterocycles. The number of hydrogen-bond acceptors (Lipinski definition) is 5. The van der Waals surface area contributed by atoms with Crippen LogP contribution in [-0.2, 0) is 19.1 Å². The van der Waals surface area contributed by atoms with E-state index in [0.29, 0.717) is 5.69 Å². The largest absolute Gasteiger partial charge is 0.480 e. The SMILES string of the molecule is CCOC(=O)C[C@@H](C)[C@H](NC(=O)c1cccc(NC(C)=O)c1)C(=O)O. The predicted octanol–water partition coefficient (Wildman–Crippen LogP) is 1.42. The van der Waals surface area contributed by atoms with E-state index in [1.807, 2.05) is 0 Å². The van der Waals surface area contributed by atoms with Gasteiger partial charge >= 0.3 is 11.9 Å². The first-order valence-electron chi connectivity index (χ1n) is 7.81. The highest BCUT2D eigenvalue weighted by molar-refractivity contribution is 5.98. The van der Waals surface area contributed by atoms with E-state index in [1.165, 1.54) is 19.1 Å². The van der Waals surface area contributed by atoms with Crippen molar-refractivity contribution in [1.82, 2.24) is 5.32 Å². The number of carbonyl (C=O) groups is 4. The normalized spacial score (nSPS) is 12.6. The summed E-state index contributed by atoms with van der Waals surface area (Å²) in [6.07, 6.45) is -0.128. The Labute approximate surface area is 145 Å². The second-order valence-corrected chi connectivity index (χ2v) is 5.54. The van der Waals surface area contributed by atoms with Gasteiger partial charge in [0.1, 0.15) is 6.04 Å². The number of benzene rings is 1. The predicted molar refractivity (Wildman–Crippen MR) is 90.0 cm³/mol. The lowest BCUT2D eigenvalue weighted by atomic mass is 9.98. The van der Waals surface area contributed by atoms with Crippen LogP contribution in [0.15, 0.2) is 24.3 Å². The smallest absolute Gasteiger partial charge is 0.326 e. The highest BCUT2D eigenvalue weighted by atomic mass is 16.5. The van der Waals surface area contributed by atoms with Gasteiger partial charge < -0.3 is 20.5 Å². The summed E-state index contributed by atoms with van der Waals surface area (Å²) in [6.45, 7) is 4.74. The molecule has 0 radical (unpaired) electrons. The molecule has 0 bridgehead atoms. The molecule has 0 aromatic heterocycles. The van der Waals surface area contributed by atoms with Crippen LogP contribution in [0, 0.1) is 5.92 Å². The molecule has 0 aliphatic heterocycles. The number of aliphatic carboxylic acids is 1. The van der Waals surface area contributed by atoms with Crippen molar-refractivity contribution in [2.75, 3.05) is 11.9 Å². The molecule has 0 aliphatic carbocycles. The highest BCUT2D eigenvalue weighted by Gasteiger charge is 2.29. The number of ether oxygens (including phenoxy) is 1. The Morgan fingerprint density at radius 2 is 1.92 bits per heavy atom. The molecule has 1 aromatic rings. The third-order valence-electron chi connectivity index (χ3n) is 3.36. The van der Waals surface area contributed by atoms with E-state index < -0.39 is 29.8 Å². The Morgan fingerprint density at radius 1 is 1.24 bits per heavy atom. The van der Waals surface area contributed by atoms with Gasteiger partial charge in [-0.3, -0.25) is 14.4 Å². The van der Waals surface area contributed by atoms with Gasteiger partial charge in [0.15, 0.2) is 0 Å². The summed E-state index contributed by atoms with van der Waals surface area (Å²) >= 11 is 0. The number of anilines is 1. The fourth-order valence-electron chi connectivity index (χ4n) is 2.21. The topological polar surface area (TPSA) is 122 Å². The molecule has 0 saturated heterocycles. The molecule has 136 valence electrons. The molecule has 8 nitrogen and oxygen atoms in total. The van der Waals surface area contributed by atoms with E-state index in [1.54, 1.807) is 26.0 Å². The van der Waals surface area contributed by atoms with Gasteiger partial charge in [-0.1, -0.05) is 13.0 Å². The lowest BCUT2D eigenvalue weighted by Gasteiger charge is -2.21. The van der Waals surface area contributed by atoms with E-state index in [0.717, 1.165) is 0 Å². The van der Waals surface area contributed by atoms with Gasteiger partial charge in [-0.2, -0.15) is 0 Å². The summed E-state index contributed by atoms with van der Waals surface area (Å²) in [6, 6.07) is 4.86. The number of rotatable bonds is 8. The summed E-state index contributed by atoms with van der Waals surface area (Å²) in [7, 11) is 0. The van der Waals surface area contributed by atoms with Crippen molar-refractivity contribution in [2.45, 2.75) is 33.2 Å². The first kappa shape index (κ1) is 20.1. The van der Waals surface area contributed by atoms with Gasteiger partial charge in [-0.05, 0) is 31.0 Å². The molecule has 0 unspecified atom stereocenters. The van der Waals surface area contributed by atoms with Crippen LogP contribution in [0.4, 0.5) is 5.69 Å². The zero-order valence-electron chi connectivity index (χ0n) is 14.4. The highest BCUT2D eigenvalue weighted by Crippen LogP contribution is 2.14.